The minimum atomic E-state index is -4.49. The zero-order valence-electron chi connectivity index (χ0n) is 17.6. The van der Waals surface area contributed by atoms with E-state index in [-0.39, 0.29) is 17.7 Å². The van der Waals surface area contributed by atoms with Gasteiger partial charge in [-0.2, -0.15) is 18.3 Å². The van der Waals surface area contributed by atoms with Gasteiger partial charge in [0, 0.05) is 42.9 Å². The molecule has 0 radical (unpaired) electrons. The van der Waals surface area contributed by atoms with E-state index in [0.29, 0.717) is 42.1 Å². The molecule has 1 aliphatic rings. The Balaban J connectivity index is 1.72. The molecule has 0 saturated carbocycles. The molecule has 2 aromatic carbocycles. The quantitative estimate of drug-likeness (QED) is 0.613. The van der Waals surface area contributed by atoms with Crippen LogP contribution in [-0.4, -0.2) is 28.7 Å². The number of nitrogens with one attached hydrogen (secondary N) is 1. The van der Waals surface area contributed by atoms with E-state index in [4.69, 9.17) is 4.74 Å². The number of hydrogen-bond donors (Lipinski definition) is 1. The second-order valence-electron chi connectivity index (χ2n) is 8.47. The molecule has 5 nitrogen and oxygen atoms in total. The molecule has 4 rings (SSSR count). The lowest BCUT2D eigenvalue weighted by molar-refractivity contribution is -0.136. The number of ether oxygens (including phenoxy) is 1. The van der Waals surface area contributed by atoms with Crippen LogP contribution in [0.1, 0.15) is 47.4 Å². The molecule has 164 valence electrons. The van der Waals surface area contributed by atoms with Crippen LogP contribution in [0, 0.1) is 0 Å². The van der Waals surface area contributed by atoms with Gasteiger partial charge in [0.25, 0.3) is 0 Å². The Hall–Kier alpha value is -2.87. The molecule has 0 bridgehead atoms. The van der Waals surface area contributed by atoms with Gasteiger partial charge in [0.1, 0.15) is 12.4 Å². The Morgan fingerprint density at radius 2 is 1.94 bits per heavy atom. The third kappa shape index (κ3) is 3.92. The minimum absolute atomic E-state index is 0.0218. The van der Waals surface area contributed by atoms with Crippen molar-refractivity contribution in [3.8, 4) is 5.75 Å². The zero-order valence-corrected chi connectivity index (χ0v) is 17.6. The summed E-state index contributed by atoms with van der Waals surface area (Å²) >= 11 is 0. The number of hydrogen-bond acceptors (Lipinski definition) is 4. The summed E-state index contributed by atoms with van der Waals surface area (Å²) in [4.78, 5) is 13.3. The van der Waals surface area contributed by atoms with E-state index in [9.17, 15) is 18.0 Å². The molecule has 2 heterocycles. The van der Waals surface area contributed by atoms with Crippen LogP contribution in [-0.2, 0) is 25.2 Å². The van der Waals surface area contributed by atoms with Gasteiger partial charge in [0.05, 0.1) is 22.3 Å². The Kier molecular flexibility index (Phi) is 5.29. The Labute approximate surface area is 178 Å². The number of para-hydroxylation sites is 2. The van der Waals surface area contributed by atoms with E-state index in [1.807, 2.05) is 26.0 Å². The fraction of sp³-hybridized carbons (Fsp3) is 0.391. The van der Waals surface area contributed by atoms with Crippen LogP contribution in [0.3, 0.4) is 0 Å². The van der Waals surface area contributed by atoms with Crippen LogP contribution in [0.5, 0.6) is 5.75 Å². The number of fused-ring (bicyclic) bond motifs is 2. The summed E-state index contributed by atoms with van der Waals surface area (Å²) in [5, 5.41) is 8.06. The highest BCUT2D eigenvalue weighted by molar-refractivity contribution is 6.00. The molecule has 3 aromatic rings. The molecule has 0 unspecified atom stereocenters. The van der Waals surface area contributed by atoms with Crippen molar-refractivity contribution in [2.24, 2.45) is 7.05 Å². The third-order valence-electron chi connectivity index (χ3n) is 5.65. The van der Waals surface area contributed by atoms with E-state index >= 15 is 0 Å². The van der Waals surface area contributed by atoms with E-state index in [1.165, 1.54) is 17.8 Å². The van der Waals surface area contributed by atoms with Gasteiger partial charge in [0.2, 0.25) is 0 Å². The molecule has 0 aliphatic carbocycles. The summed E-state index contributed by atoms with van der Waals surface area (Å²) in [6.45, 7) is 5.43. The fourth-order valence-electron chi connectivity index (χ4n) is 4.21. The minimum Gasteiger partial charge on any atom is -0.491 e. The van der Waals surface area contributed by atoms with Gasteiger partial charge >= 0.3 is 6.18 Å². The lowest BCUT2D eigenvalue weighted by atomic mass is 9.80. The second kappa shape index (κ2) is 7.67. The van der Waals surface area contributed by atoms with Gasteiger partial charge in [-0.1, -0.05) is 38.1 Å². The van der Waals surface area contributed by atoms with Crippen molar-refractivity contribution >= 4 is 16.7 Å². The van der Waals surface area contributed by atoms with Crippen molar-refractivity contribution in [3.05, 3.63) is 58.8 Å². The molecular weight excluding hydrogens is 407 g/mol. The number of nitrogens with zero attached hydrogens (tertiary/aromatic N) is 2. The predicted octanol–water partition coefficient (Wildman–Crippen LogP) is 4.62. The fourth-order valence-corrected chi connectivity index (χ4v) is 4.21. The summed E-state index contributed by atoms with van der Waals surface area (Å²) in [7, 11) is 1.50. The first-order chi connectivity index (χ1) is 14.6. The number of rotatable bonds is 4. The molecule has 1 aromatic heterocycles. The van der Waals surface area contributed by atoms with Crippen LogP contribution in [0.2, 0.25) is 0 Å². The van der Waals surface area contributed by atoms with Gasteiger partial charge in [-0.05, 0) is 12.1 Å². The highest BCUT2D eigenvalue weighted by Crippen LogP contribution is 2.40. The molecule has 0 spiro atoms. The molecule has 0 fully saturated rings. The maximum Gasteiger partial charge on any atom is 0.418 e. The molecule has 1 N–H and O–H groups in total. The highest BCUT2D eigenvalue weighted by Gasteiger charge is 2.37. The standard InChI is InChI=1S/C23H24F3N3O2/c1-22(2,12-18(30)15-7-4-6-14-13-27-10-11-31-20(14)15)21-16-8-5-9-17(23(24,25)26)19(16)29(3)28-21/h4-9,27H,10-13H2,1-3H3. The number of alkyl halides is 3. The van der Waals surface area contributed by atoms with Gasteiger partial charge in [-0.25, -0.2) is 0 Å². The van der Waals surface area contributed by atoms with Crippen molar-refractivity contribution in [2.75, 3.05) is 13.2 Å². The van der Waals surface area contributed by atoms with Crippen molar-refractivity contribution in [1.29, 1.82) is 0 Å². The number of carbonyl (C=O) groups excluding carboxylic acids is 1. The van der Waals surface area contributed by atoms with Crippen molar-refractivity contribution < 1.29 is 22.7 Å². The Bertz CT molecular complexity index is 1150. The van der Waals surface area contributed by atoms with Crippen molar-refractivity contribution in [2.45, 2.75) is 38.4 Å². The van der Waals surface area contributed by atoms with E-state index < -0.39 is 17.2 Å². The predicted molar refractivity (Wildman–Crippen MR) is 111 cm³/mol. The van der Waals surface area contributed by atoms with Gasteiger partial charge in [-0.15, -0.1) is 0 Å². The summed E-state index contributed by atoms with van der Waals surface area (Å²) in [6.07, 6.45) is -4.40. The summed E-state index contributed by atoms with van der Waals surface area (Å²) < 4.78 is 47.6. The first-order valence-corrected chi connectivity index (χ1v) is 10.1. The monoisotopic (exact) mass is 431 g/mol. The van der Waals surface area contributed by atoms with Gasteiger partial charge in [0.15, 0.2) is 5.78 Å². The topological polar surface area (TPSA) is 56.2 Å². The van der Waals surface area contributed by atoms with Crippen LogP contribution in [0.4, 0.5) is 13.2 Å². The maximum atomic E-state index is 13.5. The highest BCUT2D eigenvalue weighted by atomic mass is 19.4. The molecular formula is C23H24F3N3O2. The van der Waals surface area contributed by atoms with Crippen LogP contribution in [0.15, 0.2) is 36.4 Å². The average Bonchev–Trinajstić information content (AvgIpc) is 2.88. The lowest BCUT2D eigenvalue weighted by Gasteiger charge is -2.23. The number of aromatic nitrogens is 2. The van der Waals surface area contributed by atoms with Crippen molar-refractivity contribution in [3.63, 3.8) is 0 Å². The number of Topliss-reactive ketones (excluding diaryl/α,β-unsaturated/α-hetero) is 1. The van der Waals surface area contributed by atoms with E-state index in [0.717, 1.165) is 11.6 Å². The molecule has 0 amide bonds. The lowest BCUT2D eigenvalue weighted by Crippen LogP contribution is -2.23. The van der Waals surface area contributed by atoms with Crippen LogP contribution >= 0.6 is 0 Å². The number of aryl methyl sites for hydroxylation is 1. The molecule has 0 saturated heterocycles. The maximum absolute atomic E-state index is 13.5. The average molecular weight is 431 g/mol. The molecule has 8 heteroatoms. The third-order valence-corrected chi connectivity index (χ3v) is 5.65. The van der Waals surface area contributed by atoms with Crippen molar-refractivity contribution in [1.82, 2.24) is 15.1 Å². The second-order valence-corrected chi connectivity index (χ2v) is 8.47. The summed E-state index contributed by atoms with van der Waals surface area (Å²) in [5.74, 6) is 0.452. The van der Waals surface area contributed by atoms with Crippen LogP contribution < -0.4 is 10.1 Å². The first-order valence-electron chi connectivity index (χ1n) is 10.1. The van der Waals surface area contributed by atoms with E-state index in [1.54, 1.807) is 12.1 Å². The number of halogens is 3. The molecule has 1 aliphatic heterocycles. The smallest absolute Gasteiger partial charge is 0.418 e. The number of benzene rings is 2. The first kappa shape index (κ1) is 21.4. The molecule has 0 atom stereocenters. The largest absolute Gasteiger partial charge is 0.491 e. The Morgan fingerprint density at radius 3 is 2.68 bits per heavy atom. The summed E-state index contributed by atoms with van der Waals surface area (Å²) in [5.41, 5.74) is 0.377. The Morgan fingerprint density at radius 1 is 1.19 bits per heavy atom. The normalized spacial score (nSPS) is 14.8. The van der Waals surface area contributed by atoms with Gasteiger partial charge < -0.3 is 10.1 Å². The molecule has 31 heavy (non-hydrogen) atoms. The summed E-state index contributed by atoms with van der Waals surface area (Å²) in [6, 6.07) is 9.54. The number of carbonyl (C=O) groups is 1. The van der Waals surface area contributed by atoms with Gasteiger partial charge in [-0.3, -0.25) is 9.48 Å². The van der Waals surface area contributed by atoms with E-state index in [2.05, 4.69) is 10.4 Å². The SMILES string of the molecule is Cn1nc(C(C)(C)CC(=O)c2cccc3c2OCCNC3)c2cccc(C(F)(F)F)c21. The number of ketones is 1. The zero-order chi connectivity index (χ0) is 22.4. The van der Waals surface area contributed by atoms with Crippen LogP contribution in [0.25, 0.3) is 10.9 Å².